The van der Waals surface area contributed by atoms with Crippen LogP contribution in [-0.4, -0.2) is 13.1 Å². The van der Waals surface area contributed by atoms with Crippen molar-refractivity contribution in [2.24, 2.45) is 5.92 Å². The van der Waals surface area contributed by atoms with Gasteiger partial charge in [-0.2, -0.15) is 0 Å². The van der Waals surface area contributed by atoms with Crippen molar-refractivity contribution in [3.63, 3.8) is 0 Å². The van der Waals surface area contributed by atoms with E-state index >= 15 is 0 Å². The molecule has 1 N–H and O–H groups in total. The summed E-state index contributed by atoms with van der Waals surface area (Å²) in [5.41, 5.74) is 1.40. The molecule has 1 fully saturated rings. The standard InChI is InChI=1S/C13H18ClN/c1-2-13(11-6-7-15-9-11)10-4-3-5-12(14)8-10/h3-5,8,11,13,15H,2,6-7,9H2,1H3. The molecule has 1 aliphatic heterocycles. The third kappa shape index (κ3) is 2.53. The average Bonchev–Trinajstić information content (AvgIpc) is 2.72. The van der Waals surface area contributed by atoms with Gasteiger partial charge >= 0.3 is 0 Å². The molecular weight excluding hydrogens is 206 g/mol. The van der Waals surface area contributed by atoms with Crippen LogP contribution in [0.2, 0.25) is 5.02 Å². The van der Waals surface area contributed by atoms with E-state index < -0.39 is 0 Å². The Labute approximate surface area is 96.8 Å². The first-order valence-electron chi connectivity index (χ1n) is 5.77. The first kappa shape index (κ1) is 11.0. The van der Waals surface area contributed by atoms with E-state index in [9.17, 15) is 0 Å². The van der Waals surface area contributed by atoms with Crippen molar-refractivity contribution >= 4 is 11.6 Å². The van der Waals surface area contributed by atoms with Crippen LogP contribution in [0.4, 0.5) is 0 Å². The quantitative estimate of drug-likeness (QED) is 0.828. The lowest BCUT2D eigenvalue weighted by Gasteiger charge is -2.22. The zero-order chi connectivity index (χ0) is 10.7. The molecule has 15 heavy (non-hydrogen) atoms. The van der Waals surface area contributed by atoms with Gasteiger partial charge in [-0.25, -0.2) is 0 Å². The lowest BCUT2D eigenvalue weighted by molar-refractivity contribution is 0.446. The Morgan fingerprint density at radius 2 is 2.40 bits per heavy atom. The molecule has 1 nitrogen and oxygen atoms in total. The second-order valence-electron chi connectivity index (χ2n) is 4.32. The maximum absolute atomic E-state index is 6.04. The van der Waals surface area contributed by atoms with Crippen LogP contribution in [-0.2, 0) is 0 Å². The highest BCUT2D eigenvalue weighted by Gasteiger charge is 2.24. The van der Waals surface area contributed by atoms with E-state index in [0.717, 1.165) is 17.5 Å². The van der Waals surface area contributed by atoms with E-state index in [0.29, 0.717) is 5.92 Å². The Kier molecular flexibility index (Phi) is 3.66. The summed E-state index contributed by atoms with van der Waals surface area (Å²) in [7, 11) is 0. The predicted octanol–water partition coefficient (Wildman–Crippen LogP) is 3.44. The van der Waals surface area contributed by atoms with E-state index in [4.69, 9.17) is 11.6 Å². The van der Waals surface area contributed by atoms with Crippen LogP contribution in [0.1, 0.15) is 31.2 Å². The van der Waals surface area contributed by atoms with Gasteiger partial charge in [0, 0.05) is 5.02 Å². The van der Waals surface area contributed by atoms with Crippen LogP contribution in [0.15, 0.2) is 24.3 Å². The van der Waals surface area contributed by atoms with E-state index in [1.807, 2.05) is 6.07 Å². The van der Waals surface area contributed by atoms with Crippen LogP contribution < -0.4 is 5.32 Å². The summed E-state index contributed by atoms with van der Waals surface area (Å²) >= 11 is 6.04. The molecule has 2 unspecified atom stereocenters. The molecule has 82 valence electrons. The van der Waals surface area contributed by atoms with Crippen LogP contribution >= 0.6 is 11.6 Å². The Balaban J connectivity index is 2.18. The Morgan fingerprint density at radius 1 is 1.53 bits per heavy atom. The van der Waals surface area contributed by atoms with Gasteiger partial charge in [0.15, 0.2) is 0 Å². The number of hydrogen-bond donors (Lipinski definition) is 1. The van der Waals surface area contributed by atoms with Gasteiger partial charge in [-0.05, 0) is 55.5 Å². The Bertz CT molecular complexity index is 318. The van der Waals surface area contributed by atoms with Crippen molar-refractivity contribution in [2.75, 3.05) is 13.1 Å². The van der Waals surface area contributed by atoms with Crippen molar-refractivity contribution in [1.82, 2.24) is 5.32 Å². The molecule has 0 bridgehead atoms. The molecule has 2 heteroatoms. The molecule has 2 rings (SSSR count). The fourth-order valence-corrected chi connectivity index (χ4v) is 2.80. The highest BCUT2D eigenvalue weighted by molar-refractivity contribution is 6.30. The van der Waals surface area contributed by atoms with E-state index in [1.165, 1.54) is 24.9 Å². The zero-order valence-corrected chi connectivity index (χ0v) is 9.93. The maximum atomic E-state index is 6.04. The second kappa shape index (κ2) is 5.00. The SMILES string of the molecule is CCC(c1cccc(Cl)c1)C1CCNC1. The highest BCUT2D eigenvalue weighted by Crippen LogP contribution is 2.32. The van der Waals surface area contributed by atoms with Crippen molar-refractivity contribution in [2.45, 2.75) is 25.7 Å². The maximum Gasteiger partial charge on any atom is 0.0408 e. The molecule has 1 aromatic carbocycles. The molecule has 0 aliphatic carbocycles. The third-order valence-corrected chi connectivity index (χ3v) is 3.62. The molecule has 2 atom stereocenters. The van der Waals surface area contributed by atoms with Gasteiger partial charge < -0.3 is 5.32 Å². The second-order valence-corrected chi connectivity index (χ2v) is 4.76. The fraction of sp³-hybridized carbons (Fsp3) is 0.538. The first-order chi connectivity index (χ1) is 7.31. The fourth-order valence-electron chi connectivity index (χ4n) is 2.60. The number of benzene rings is 1. The molecule has 1 saturated heterocycles. The molecule has 1 aliphatic rings. The lowest BCUT2D eigenvalue weighted by atomic mass is 9.83. The largest absolute Gasteiger partial charge is 0.316 e. The van der Waals surface area contributed by atoms with Crippen LogP contribution in [0.3, 0.4) is 0 Å². The summed E-state index contributed by atoms with van der Waals surface area (Å²) < 4.78 is 0. The van der Waals surface area contributed by atoms with Crippen molar-refractivity contribution in [3.05, 3.63) is 34.9 Å². The Hall–Kier alpha value is -0.530. The smallest absolute Gasteiger partial charge is 0.0408 e. The number of rotatable bonds is 3. The summed E-state index contributed by atoms with van der Waals surface area (Å²) in [5, 5.41) is 4.30. The van der Waals surface area contributed by atoms with Gasteiger partial charge in [0.25, 0.3) is 0 Å². The van der Waals surface area contributed by atoms with Gasteiger partial charge in [-0.1, -0.05) is 30.7 Å². The minimum absolute atomic E-state index is 0.665. The van der Waals surface area contributed by atoms with Gasteiger partial charge in [-0.15, -0.1) is 0 Å². The topological polar surface area (TPSA) is 12.0 Å². The Morgan fingerprint density at radius 3 is 3.00 bits per heavy atom. The minimum atomic E-state index is 0.665. The summed E-state index contributed by atoms with van der Waals surface area (Å²) in [6, 6.07) is 8.33. The number of halogens is 1. The van der Waals surface area contributed by atoms with E-state index in [2.05, 4.69) is 30.4 Å². The van der Waals surface area contributed by atoms with Gasteiger partial charge in [-0.3, -0.25) is 0 Å². The van der Waals surface area contributed by atoms with Crippen LogP contribution in [0, 0.1) is 5.92 Å². The van der Waals surface area contributed by atoms with Gasteiger partial charge in [0.05, 0.1) is 0 Å². The van der Waals surface area contributed by atoms with E-state index in [-0.39, 0.29) is 0 Å². The van der Waals surface area contributed by atoms with Crippen LogP contribution in [0.5, 0.6) is 0 Å². The summed E-state index contributed by atoms with van der Waals surface area (Å²) in [5.74, 6) is 1.45. The number of hydrogen-bond acceptors (Lipinski definition) is 1. The molecular formula is C13H18ClN. The summed E-state index contributed by atoms with van der Waals surface area (Å²) in [6.07, 6.45) is 2.50. The van der Waals surface area contributed by atoms with Crippen molar-refractivity contribution < 1.29 is 0 Å². The predicted molar refractivity (Wildman–Crippen MR) is 65.5 cm³/mol. The third-order valence-electron chi connectivity index (χ3n) is 3.38. The minimum Gasteiger partial charge on any atom is -0.316 e. The summed E-state index contributed by atoms with van der Waals surface area (Å²) in [6.45, 7) is 4.59. The lowest BCUT2D eigenvalue weighted by Crippen LogP contribution is -2.16. The zero-order valence-electron chi connectivity index (χ0n) is 9.17. The normalized spacial score (nSPS) is 22.9. The molecule has 1 aromatic rings. The molecule has 0 saturated carbocycles. The molecule has 0 radical (unpaired) electrons. The monoisotopic (exact) mass is 223 g/mol. The van der Waals surface area contributed by atoms with Crippen molar-refractivity contribution in [1.29, 1.82) is 0 Å². The number of nitrogens with one attached hydrogen (secondary N) is 1. The van der Waals surface area contributed by atoms with Gasteiger partial charge in [0.2, 0.25) is 0 Å². The molecule has 0 spiro atoms. The highest BCUT2D eigenvalue weighted by atomic mass is 35.5. The first-order valence-corrected chi connectivity index (χ1v) is 6.15. The summed E-state index contributed by atoms with van der Waals surface area (Å²) in [4.78, 5) is 0. The van der Waals surface area contributed by atoms with E-state index in [1.54, 1.807) is 0 Å². The van der Waals surface area contributed by atoms with Crippen molar-refractivity contribution in [3.8, 4) is 0 Å². The van der Waals surface area contributed by atoms with Crippen LogP contribution in [0.25, 0.3) is 0 Å². The van der Waals surface area contributed by atoms with Gasteiger partial charge in [0.1, 0.15) is 0 Å². The average molecular weight is 224 g/mol. The molecule has 0 aromatic heterocycles. The molecule has 0 amide bonds. The molecule has 1 heterocycles.